The SMILES string of the molecule is CCN(CC)CCN1CCc2[nH]c(C=C3C(=O)Nc4ccccc43)c(C)c2C1=O. The van der Waals surface area contributed by atoms with Gasteiger partial charge in [-0.1, -0.05) is 32.0 Å². The van der Waals surface area contributed by atoms with Gasteiger partial charge in [0, 0.05) is 48.7 Å². The Balaban J connectivity index is 1.61. The number of rotatable bonds is 6. The number of hydrogen-bond donors (Lipinski definition) is 2. The number of nitrogens with zero attached hydrogens (tertiary/aromatic N) is 2. The molecule has 0 radical (unpaired) electrons. The molecule has 29 heavy (non-hydrogen) atoms. The number of amides is 2. The van der Waals surface area contributed by atoms with Crippen LogP contribution in [-0.4, -0.2) is 59.3 Å². The molecule has 0 bridgehead atoms. The van der Waals surface area contributed by atoms with E-state index in [0.717, 1.165) is 72.9 Å². The van der Waals surface area contributed by atoms with Crippen LogP contribution in [0.3, 0.4) is 0 Å². The summed E-state index contributed by atoms with van der Waals surface area (Å²) in [6.45, 7) is 10.6. The molecule has 0 aliphatic carbocycles. The Morgan fingerprint density at radius 3 is 2.69 bits per heavy atom. The zero-order valence-corrected chi connectivity index (χ0v) is 17.3. The van der Waals surface area contributed by atoms with Crippen molar-refractivity contribution < 1.29 is 9.59 Å². The van der Waals surface area contributed by atoms with Crippen LogP contribution in [0.5, 0.6) is 0 Å². The second-order valence-corrected chi connectivity index (χ2v) is 7.64. The van der Waals surface area contributed by atoms with Crippen molar-refractivity contribution in [2.24, 2.45) is 0 Å². The first-order valence-corrected chi connectivity index (χ1v) is 10.4. The van der Waals surface area contributed by atoms with Gasteiger partial charge in [-0.05, 0) is 37.7 Å². The van der Waals surface area contributed by atoms with Gasteiger partial charge < -0.3 is 20.1 Å². The molecule has 2 N–H and O–H groups in total. The summed E-state index contributed by atoms with van der Waals surface area (Å²) in [5.41, 5.74) is 5.87. The van der Waals surface area contributed by atoms with E-state index in [4.69, 9.17) is 0 Å². The molecule has 2 aliphatic rings. The number of aromatic amines is 1. The molecule has 0 fully saturated rings. The van der Waals surface area contributed by atoms with E-state index < -0.39 is 0 Å². The first-order valence-electron chi connectivity index (χ1n) is 10.4. The van der Waals surface area contributed by atoms with Gasteiger partial charge in [-0.25, -0.2) is 0 Å². The smallest absolute Gasteiger partial charge is 0.256 e. The number of aromatic nitrogens is 1. The predicted molar refractivity (Wildman–Crippen MR) is 116 cm³/mol. The highest BCUT2D eigenvalue weighted by atomic mass is 16.2. The van der Waals surface area contributed by atoms with Crippen molar-refractivity contribution in [3.8, 4) is 0 Å². The molecule has 4 rings (SSSR count). The minimum absolute atomic E-state index is 0.0908. The molecule has 2 aromatic rings. The molecule has 1 aromatic heterocycles. The van der Waals surface area contributed by atoms with Crippen molar-refractivity contribution >= 4 is 29.2 Å². The van der Waals surface area contributed by atoms with E-state index in [-0.39, 0.29) is 11.8 Å². The summed E-state index contributed by atoms with van der Waals surface area (Å²) in [5, 5.41) is 2.90. The number of anilines is 1. The maximum Gasteiger partial charge on any atom is 0.256 e. The fourth-order valence-electron chi connectivity index (χ4n) is 4.25. The van der Waals surface area contributed by atoms with Gasteiger partial charge in [0.1, 0.15) is 0 Å². The number of para-hydroxylation sites is 1. The van der Waals surface area contributed by atoms with Crippen molar-refractivity contribution in [1.82, 2.24) is 14.8 Å². The minimum Gasteiger partial charge on any atom is -0.358 e. The van der Waals surface area contributed by atoms with Crippen LogP contribution >= 0.6 is 0 Å². The summed E-state index contributed by atoms with van der Waals surface area (Å²) in [5.74, 6) is -0.0153. The number of likely N-dealkylation sites (N-methyl/N-ethyl adjacent to an activating group) is 1. The van der Waals surface area contributed by atoms with Gasteiger partial charge in [0.2, 0.25) is 0 Å². The Hall–Kier alpha value is -2.86. The van der Waals surface area contributed by atoms with E-state index >= 15 is 0 Å². The number of hydrogen-bond acceptors (Lipinski definition) is 3. The van der Waals surface area contributed by atoms with Crippen LogP contribution in [0.2, 0.25) is 0 Å². The third kappa shape index (κ3) is 3.49. The van der Waals surface area contributed by atoms with Crippen LogP contribution in [0.4, 0.5) is 5.69 Å². The van der Waals surface area contributed by atoms with Crippen LogP contribution in [0.15, 0.2) is 24.3 Å². The van der Waals surface area contributed by atoms with Crippen molar-refractivity contribution in [2.75, 3.05) is 38.0 Å². The van der Waals surface area contributed by atoms with E-state index in [1.807, 2.05) is 42.2 Å². The lowest BCUT2D eigenvalue weighted by Crippen LogP contribution is -2.42. The molecular weight excluding hydrogens is 364 g/mol. The summed E-state index contributed by atoms with van der Waals surface area (Å²) in [4.78, 5) is 33.3. The fraction of sp³-hybridized carbons (Fsp3) is 0.391. The minimum atomic E-state index is -0.106. The molecule has 2 aliphatic heterocycles. The lowest BCUT2D eigenvalue weighted by atomic mass is 10.0. The molecule has 3 heterocycles. The van der Waals surface area contributed by atoms with Crippen molar-refractivity contribution in [3.05, 3.63) is 52.3 Å². The molecule has 2 amide bonds. The van der Waals surface area contributed by atoms with E-state index in [1.54, 1.807) is 0 Å². The molecule has 0 unspecified atom stereocenters. The second kappa shape index (κ2) is 7.87. The zero-order valence-electron chi connectivity index (χ0n) is 17.3. The highest BCUT2D eigenvalue weighted by Crippen LogP contribution is 2.34. The summed E-state index contributed by atoms with van der Waals surface area (Å²) < 4.78 is 0. The maximum absolute atomic E-state index is 13.1. The average molecular weight is 393 g/mol. The highest BCUT2D eigenvalue weighted by molar-refractivity contribution is 6.34. The Kier molecular flexibility index (Phi) is 5.28. The van der Waals surface area contributed by atoms with Gasteiger partial charge in [0.15, 0.2) is 0 Å². The van der Waals surface area contributed by atoms with Gasteiger partial charge in [-0.2, -0.15) is 0 Å². The molecule has 1 aromatic carbocycles. The molecule has 0 saturated carbocycles. The standard InChI is InChI=1S/C23H28N4O2/c1-4-26(5-2)12-13-27-11-10-19-21(23(27)29)15(3)20(24-19)14-17-16-8-6-7-9-18(16)25-22(17)28/h6-9,14,24H,4-5,10-13H2,1-3H3,(H,25,28). The van der Waals surface area contributed by atoms with Crippen LogP contribution in [0.1, 0.15) is 46.7 Å². The maximum atomic E-state index is 13.1. The van der Waals surface area contributed by atoms with Crippen LogP contribution in [0, 0.1) is 6.92 Å². The molecule has 152 valence electrons. The highest BCUT2D eigenvalue weighted by Gasteiger charge is 2.30. The Morgan fingerprint density at radius 2 is 1.93 bits per heavy atom. The molecule has 6 heteroatoms. The quantitative estimate of drug-likeness (QED) is 0.742. The van der Waals surface area contributed by atoms with Crippen molar-refractivity contribution in [3.63, 3.8) is 0 Å². The average Bonchev–Trinajstić information content (AvgIpc) is 3.21. The number of H-pyrrole nitrogens is 1. The largest absolute Gasteiger partial charge is 0.358 e. The Bertz CT molecular complexity index is 985. The number of fused-ring (bicyclic) bond motifs is 2. The zero-order chi connectivity index (χ0) is 20.5. The first-order chi connectivity index (χ1) is 14.0. The fourth-order valence-corrected chi connectivity index (χ4v) is 4.25. The summed E-state index contributed by atoms with van der Waals surface area (Å²) >= 11 is 0. The molecular formula is C23H28N4O2. The lowest BCUT2D eigenvalue weighted by molar-refractivity contribution is -0.110. The molecule has 0 saturated heterocycles. The van der Waals surface area contributed by atoms with Gasteiger partial charge in [-0.15, -0.1) is 0 Å². The van der Waals surface area contributed by atoms with Crippen molar-refractivity contribution in [2.45, 2.75) is 27.2 Å². The number of nitrogens with one attached hydrogen (secondary N) is 2. The Labute approximate surface area is 171 Å². The van der Waals surface area contributed by atoms with Crippen LogP contribution in [0.25, 0.3) is 11.6 Å². The summed E-state index contributed by atoms with van der Waals surface area (Å²) in [6, 6.07) is 7.68. The Morgan fingerprint density at radius 1 is 1.17 bits per heavy atom. The van der Waals surface area contributed by atoms with Crippen LogP contribution < -0.4 is 5.32 Å². The van der Waals surface area contributed by atoms with Gasteiger partial charge in [-0.3, -0.25) is 9.59 Å². The van der Waals surface area contributed by atoms with Gasteiger partial charge in [0.05, 0.1) is 11.1 Å². The normalized spacial score (nSPS) is 17.1. The monoisotopic (exact) mass is 392 g/mol. The molecule has 0 spiro atoms. The third-order valence-electron chi connectivity index (χ3n) is 6.08. The van der Waals surface area contributed by atoms with E-state index in [9.17, 15) is 9.59 Å². The number of benzene rings is 1. The van der Waals surface area contributed by atoms with Crippen molar-refractivity contribution in [1.29, 1.82) is 0 Å². The summed E-state index contributed by atoms with van der Waals surface area (Å²) in [6.07, 6.45) is 2.69. The van der Waals surface area contributed by atoms with E-state index in [2.05, 4.69) is 29.0 Å². The molecule has 6 nitrogen and oxygen atoms in total. The molecule has 0 atom stereocenters. The topological polar surface area (TPSA) is 68.4 Å². The van der Waals surface area contributed by atoms with E-state index in [0.29, 0.717) is 5.57 Å². The predicted octanol–water partition coefficient (Wildman–Crippen LogP) is 3.16. The lowest BCUT2D eigenvalue weighted by Gasteiger charge is -2.29. The summed E-state index contributed by atoms with van der Waals surface area (Å²) in [7, 11) is 0. The van der Waals surface area contributed by atoms with E-state index in [1.165, 1.54) is 0 Å². The van der Waals surface area contributed by atoms with Gasteiger partial charge in [0.25, 0.3) is 11.8 Å². The van der Waals surface area contributed by atoms with Gasteiger partial charge >= 0.3 is 0 Å². The number of carbonyl (C=O) groups is 2. The first kappa shape index (κ1) is 19.5. The number of carbonyl (C=O) groups excluding carboxylic acids is 2. The van der Waals surface area contributed by atoms with Crippen LogP contribution in [-0.2, 0) is 11.2 Å². The third-order valence-corrected chi connectivity index (χ3v) is 6.08. The second-order valence-electron chi connectivity index (χ2n) is 7.64.